The monoisotopic (exact) mass is 177 g/mol. The molecule has 2 aromatic rings. The van der Waals surface area contributed by atoms with Gasteiger partial charge in [-0.2, -0.15) is 0 Å². The highest BCUT2D eigenvalue weighted by molar-refractivity contribution is 7.80. The Hall–Kier alpha value is -0.890. The highest BCUT2D eigenvalue weighted by atomic mass is 32.1. The van der Waals surface area contributed by atoms with Crippen LogP contribution in [0.3, 0.4) is 0 Å². The van der Waals surface area contributed by atoms with Crippen LogP contribution < -0.4 is 0 Å². The number of aryl methyl sites for hydroxylation is 1. The third-order valence-corrected chi connectivity index (χ3v) is 2.46. The van der Waals surface area contributed by atoms with Gasteiger partial charge < -0.3 is 4.57 Å². The van der Waals surface area contributed by atoms with Gasteiger partial charge in [-0.15, -0.1) is 12.6 Å². The standard InChI is InChI=1S/C10H11NS/c1-2-11-7-10(12)8-5-3-4-6-9(8)11/h3-7,12H,2H2,1H3. The number of benzene rings is 1. The normalized spacial score (nSPS) is 10.8. The van der Waals surface area contributed by atoms with Gasteiger partial charge in [-0.25, -0.2) is 0 Å². The molecular formula is C10H11NS. The van der Waals surface area contributed by atoms with Crippen molar-refractivity contribution in [2.45, 2.75) is 18.4 Å². The zero-order chi connectivity index (χ0) is 8.55. The molecular weight excluding hydrogens is 166 g/mol. The Bertz CT molecular complexity index is 403. The van der Waals surface area contributed by atoms with Crippen LogP contribution in [0.25, 0.3) is 10.9 Å². The quantitative estimate of drug-likeness (QED) is 0.639. The minimum Gasteiger partial charge on any atom is -0.347 e. The van der Waals surface area contributed by atoms with Crippen molar-refractivity contribution >= 4 is 23.5 Å². The Morgan fingerprint density at radius 3 is 2.83 bits per heavy atom. The van der Waals surface area contributed by atoms with E-state index in [0.29, 0.717) is 0 Å². The topological polar surface area (TPSA) is 4.93 Å². The first kappa shape index (κ1) is 7.74. The maximum atomic E-state index is 4.40. The van der Waals surface area contributed by atoms with Crippen LogP contribution in [0.2, 0.25) is 0 Å². The van der Waals surface area contributed by atoms with Gasteiger partial charge in [-0.1, -0.05) is 18.2 Å². The van der Waals surface area contributed by atoms with Crippen LogP contribution in [0, 0.1) is 0 Å². The fraction of sp³-hybridized carbons (Fsp3) is 0.200. The van der Waals surface area contributed by atoms with E-state index >= 15 is 0 Å². The fourth-order valence-corrected chi connectivity index (χ4v) is 1.82. The highest BCUT2D eigenvalue weighted by Crippen LogP contribution is 2.23. The first-order chi connectivity index (χ1) is 5.83. The zero-order valence-electron chi connectivity index (χ0n) is 6.99. The van der Waals surface area contributed by atoms with Crippen molar-refractivity contribution < 1.29 is 0 Å². The molecule has 2 heteroatoms. The summed E-state index contributed by atoms with van der Waals surface area (Å²) in [6.07, 6.45) is 2.08. The average Bonchev–Trinajstić information content (AvgIpc) is 2.44. The molecule has 0 saturated carbocycles. The van der Waals surface area contributed by atoms with Crippen molar-refractivity contribution in [3.05, 3.63) is 30.5 Å². The number of rotatable bonds is 1. The second-order valence-corrected chi connectivity index (χ2v) is 3.30. The maximum Gasteiger partial charge on any atom is 0.0491 e. The molecule has 1 heterocycles. The van der Waals surface area contributed by atoms with E-state index in [4.69, 9.17) is 0 Å². The van der Waals surface area contributed by atoms with Gasteiger partial charge in [0.25, 0.3) is 0 Å². The number of para-hydroxylation sites is 1. The van der Waals surface area contributed by atoms with Crippen LogP contribution in [0.15, 0.2) is 35.4 Å². The number of fused-ring (bicyclic) bond motifs is 1. The van der Waals surface area contributed by atoms with Crippen LogP contribution in [0.4, 0.5) is 0 Å². The second kappa shape index (κ2) is 2.87. The summed E-state index contributed by atoms with van der Waals surface area (Å²) in [7, 11) is 0. The van der Waals surface area contributed by atoms with E-state index in [0.717, 1.165) is 11.4 Å². The summed E-state index contributed by atoms with van der Waals surface area (Å²) in [6, 6.07) is 8.33. The molecule has 0 saturated heterocycles. The van der Waals surface area contributed by atoms with E-state index < -0.39 is 0 Å². The van der Waals surface area contributed by atoms with Crippen LogP contribution in [-0.4, -0.2) is 4.57 Å². The third-order valence-electron chi connectivity index (χ3n) is 2.11. The molecule has 0 aliphatic carbocycles. The molecule has 0 amide bonds. The predicted molar refractivity (Wildman–Crippen MR) is 54.9 cm³/mol. The molecule has 0 N–H and O–H groups in total. The lowest BCUT2D eigenvalue weighted by Gasteiger charge is -1.97. The van der Waals surface area contributed by atoms with Crippen molar-refractivity contribution in [2.24, 2.45) is 0 Å². The molecule has 0 atom stereocenters. The second-order valence-electron chi connectivity index (χ2n) is 2.82. The molecule has 62 valence electrons. The lowest BCUT2D eigenvalue weighted by molar-refractivity contribution is 0.792. The molecule has 1 aromatic heterocycles. The number of thiol groups is 1. The van der Waals surface area contributed by atoms with Gasteiger partial charge in [0, 0.05) is 28.5 Å². The van der Waals surface area contributed by atoms with Gasteiger partial charge in [0.1, 0.15) is 0 Å². The van der Waals surface area contributed by atoms with Gasteiger partial charge in [-0.05, 0) is 13.0 Å². The Labute approximate surface area is 77.4 Å². The Morgan fingerprint density at radius 2 is 2.08 bits per heavy atom. The molecule has 1 nitrogen and oxygen atoms in total. The van der Waals surface area contributed by atoms with E-state index in [1.807, 2.05) is 6.07 Å². The summed E-state index contributed by atoms with van der Waals surface area (Å²) in [5.74, 6) is 0. The fourth-order valence-electron chi connectivity index (χ4n) is 1.49. The lowest BCUT2D eigenvalue weighted by Crippen LogP contribution is -1.89. The van der Waals surface area contributed by atoms with Crippen molar-refractivity contribution in [1.82, 2.24) is 4.57 Å². The molecule has 0 bridgehead atoms. The first-order valence-electron chi connectivity index (χ1n) is 4.09. The minimum atomic E-state index is 1.00. The van der Waals surface area contributed by atoms with Crippen molar-refractivity contribution in [1.29, 1.82) is 0 Å². The van der Waals surface area contributed by atoms with E-state index in [-0.39, 0.29) is 0 Å². The van der Waals surface area contributed by atoms with E-state index in [1.54, 1.807) is 0 Å². The van der Waals surface area contributed by atoms with E-state index in [9.17, 15) is 0 Å². The molecule has 2 rings (SSSR count). The molecule has 0 spiro atoms. The lowest BCUT2D eigenvalue weighted by atomic mass is 10.2. The molecule has 0 aliphatic heterocycles. The van der Waals surface area contributed by atoms with Crippen LogP contribution in [-0.2, 0) is 6.54 Å². The molecule has 12 heavy (non-hydrogen) atoms. The molecule has 1 aromatic carbocycles. The van der Waals surface area contributed by atoms with Gasteiger partial charge in [0.15, 0.2) is 0 Å². The summed E-state index contributed by atoms with van der Waals surface area (Å²) in [5, 5.41) is 1.24. The van der Waals surface area contributed by atoms with Gasteiger partial charge in [0.2, 0.25) is 0 Å². The van der Waals surface area contributed by atoms with Crippen molar-refractivity contribution in [2.75, 3.05) is 0 Å². The molecule has 0 fully saturated rings. The van der Waals surface area contributed by atoms with Gasteiger partial charge in [0.05, 0.1) is 0 Å². The Balaban J connectivity index is 2.82. The summed E-state index contributed by atoms with van der Waals surface area (Å²) >= 11 is 4.40. The number of hydrogen-bond acceptors (Lipinski definition) is 1. The minimum absolute atomic E-state index is 1.00. The van der Waals surface area contributed by atoms with E-state index in [2.05, 4.69) is 48.5 Å². The average molecular weight is 177 g/mol. The predicted octanol–water partition coefficient (Wildman–Crippen LogP) is 2.95. The smallest absolute Gasteiger partial charge is 0.0491 e. The van der Waals surface area contributed by atoms with Crippen molar-refractivity contribution in [3.63, 3.8) is 0 Å². The number of nitrogens with zero attached hydrogens (tertiary/aromatic N) is 1. The summed E-state index contributed by atoms with van der Waals surface area (Å²) in [4.78, 5) is 1.06. The molecule has 0 radical (unpaired) electrons. The first-order valence-corrected chi connectivity index (χ1v) is 4.54. The van der Waals surface area contributed by atoms with Gasteiger partial charge >= 0.3 is 0 Å². The summed E-state index contributed by atoms with van der Waals surface area (Å²) in [5.41, 5.74) is 1.27. The molecule has 0 unspecified atom stereocenters. The van der Waals surface area contributed by atoms with Crippen LogP contribution in [0.1, 0.15) is 6.92 Å². The summed E-state index contributed by atoms with van der Waals surface area (Å²) < 4.78 is 2.21. The SMILES string of the molecule is CCn1cc(S)c2ccccc21. The van der Waals surface area contributed by atoms with E-state index in [1.165, 1.54) is 10.9 Å². The van der Waals surface area contributed by atoms with Crippen LogP contribution >= 0.6 is 12.6 Å². The summed E-state index contributed by atoms with van der Waals surface area (Å²) in [6.45, 7) is 3.14. The highest BCUT2D eigenvalue weighted by Gasteiger charge is 2.01. The van der Waals surface area contributed by atoms with Crippen molar-refractivity contribution in [3.8, 4) is 0 Å². The zero-order valence-corrected chi connectivity index (χ0v) is 7.88. The number of hydrogen-bond donors (Lipinski definition) is 1. The Morgan fingerprint density at radius 1 is 1.33 bits per heavy atom. The maximum absolute atomic E-state index is 4.40. The van der Waals surface area contributed by atoms with Crippen LogP contribution in [0.5, 0.6) is 0 Å². The van der Waals surface area contributed by atoms with Gasteiger partial charge in [-0.3, -0.25) is 0 Å². The largest absolute Gasteiger partial charge is 0.347 e. The molecule has 0 aliphatic rings. The Kier molecular flexibility index (Phi) is 1.85. The number of aromatic nitrogens is 1. The third kappa shape index (κ3) is 1.03.